The van der Waals surface area contributed by atoms with Crippen LogP contribution in [0.5, 0.6) is 5.75 Å². The van der Waals surface area contributed by atoms with Crippen LogP contribution in [0, 0.1) is 0 Å². The molecule has 2 atom stereocenters. The number of aliphatic hydroxyl groups excluding tert-OH is 1. The van der Waals surface area contributed by atoms with Gasteiger partial charge in [-0.2, -0.15) is 8.78 Å². The van der Waals surface area contributed by atoms with Gasteiger partial charge in [0.1, 0.15) is 5.75 Å². The van der Waals surface area contributed by atoms with Crippen LogP contribution in [0.15, 0.2) is 146 Å². The monoisotopic (exact) mass is 1430 g/mol. The normalized spacial score (nSPS) is 13.7. The van der Waals surface area contributed by atoms with Crippen molar-refractivity contribution in [3.8, 4) is 5.75 Å². The summed E-state index contributed by atoms with van der Waals surface area (Å²) in [4.78, 5) is 105. The zero-order valence-electron chi connectivity index (χ0n) is 55.7. The summed E-state index contributed by atoms with van der Waals surface area (Å²) in [5.74, 6) is -3.79. The fourth-order valence-electron chi connectivity index (χ4n) is 7.68. The third-order valence-electron chi connectivity index (χ3n) is 13.4. The van der Waals surface area contributed by atoms with Crippen LogP contribution in [-0.2, 0) is 71.7 Å². The average Bonchev–Trinajstić information content (AvgIpc) is 0.807. The molecule has 0 saturated carbocycles. The molecule has 0 spiro atoms. The van der Waals surface area contributed by atoms with Gasteiger partial charge in [0.15, 0.2) is 5.85 Å². The van der Waals surface area contributed by atoms with Gasteiger partial charge in [0, 0.05) is 5.56 Å². The Morgan fingerprint density at radius 1 is 0.366 bits per heavy atom. The minimum Gasteiger partial charge on any atom is -0.404 e. The number of benzene rings is 6. The molecule has 0 aromatic heterocycles. The molecule has 0 saturated heterocycles. The molecule has 93 heavy (non-hydrogen) atoms. The lowest BCUT2D eigenvalue weighted by molar-refractivity contribution is 0.0564. The third-order valence-corrected chi connectivity index (χ3v) is 18.4. The van der Waals surface area contributed by atoms with Gasteiger partial charge in [-0.15, -0.1) is 0 Å². The first-order valence-electron chi connectivity index (χ1n) is 28.6. The SMILES string of the molecule is CC(C)(C)c1ccc(C(F)(F)P(=O)(O)O)cc1.CC(C)(C)c1ccc(C(F)P(=O)(O)O)cc1.CC(C)(C)c1ccc(C(O)P(=O)(O)O)cc1.CC(C)(C)c1ccc(CP(=O)(O)O)cc1.CC(C)(C)c1ccc(OP(=O)(O)O)cc1.CC(C)(C)c1ccc(P(=O)(O)O)cc1. The number of aliphatic hydroxyl groups is 1. The lowest BCUT2D eigenvalue weighted by atomic mass is 9.87. The highest BCUT2D eigenvalue weighted by atomic mass is 31.2. The molecule has 0 fully saturated rings. The van der Waals surface area contributed by atoms with Crippen LogP contribution in [0.3, 0.4) is 0 Å². The average molecular weight is 1430 g/mol. The van der Waals surface area contributed by atoms with Crippen LogP contribution in [0.2, 0.25) is 0 Å². The quantitative estimate of drug-likeness (QED) is 0.0536. The second-order valence-electron chi connectivity index (χ2n) is 28.0. The number of rotatable bonds is 11. The van der Waals surface area contributed by atoms with E-state index < -0.39 is 68.8 Å². The Balaban J connectivity index is 0.000000559. The number of hydrogen-bond donors (Lipinski definition) is 13. The van der Waals surface area contributed by atoms with Gasteiger partial charge in [0.2, 0.25) is 5.91 Å². The molecule has 0 heterocycles. The van der Waals surface area contributed by atoms with Crippen LogP contribution in [0.1, 0.15) is 192 Å². The summed E-state index contributed by atoms with van der Waals surface area (Å²) in [5.41, 5.74) is 2.11. The van der Waals surface area contributed by atoms with Crippen molar-refractivity contribution in [3.05, 3.63) is 201 Å². The van der Waals surface area contributed by atoms with E-state index in [2.05, 4.69) is 66.8 Å². The van der Waals surface area contributed by atoms with Gasteiger partial charge in [-0.1, -0.05) is 246 Å². The molecule has 0 aliphatic heterocycles. The fraction of sp³-hybridized carbons (Fsp3) is 0.438. The molecule has 6 aromatic rings. The Kier molecular flexibility index (Phi) is 30.7. The van der Waals surface area contributed by atoms with Crippen molar-refractivity contribution < 1.29 is 109 Å². The Bertz CT molecular complexity index is 3430. The Hall–Kier alpha value is -4.23. The molecule has 13 N–H and O–H groups in total. The molecule has 0 aliphatic rings. The molecule has 6 rings (SSSR count). The van der Waals surface area contributed by atoms with Crippen molar-refractivity contribution in [2.75, 3.05) is 0 Å². The highest BCUT2D eigenvalue weighted by molar-refractivity contribution is 7.60. The van der Waals surface area contributed by atoms with E-state index in [1.54, 1.807) is 84.9 Å². The van der Waals surface area contributed by atoms with Crippen molar-refractivity contribution in [2.24, 2.45) is 0 Å². The smallest absolute Gasteiger partial charge is 0.404 e. The van der Waals surface area contributed by atoms with Crippen LogP contribution < -0.4 is 9.83 Å². The summed E-state index contributed by atoms with van der Waals surface area (Å²) in [5, 5.41) is 9.46. The highest BCUT2D eigenvalue weighted by Crippen LogP contribution is 2.59. The lowest BCUT2D eigenvalue weighted by Gasteiger charge is -2.21. The number of alkyl halides is 3. The second-order valence-corrected chi connectivity index (χ2v) is 37.4. The predicted molar refractivity (Wildman–Crippen MR) is 360 cm³/mol. The van der Waals surface area contributed by atoms with Crippen LogP contribution in [0.4, 0.5) is 13.2 Å². The fourth-order valence-corrected chi connectivity index (χ4v) is 10.9. The van der Waals surface area contributed by atoms with Crippen molar-refractivity contribution in [1.29, 1.82) is 0 Å². The zero-order chi connectivity index (χ0) is 73.0. The number of hydrogen-bond acceptors (Lipinski definition) is 8. The molecule has 0 bridgehead atoms. The predicted octanol–water partition coefficient (Wildman–Crippen LogP) is 15.4. The zero-order valence-corrected chi connectivity index (χ0v) is 61.1. The van der Waals surface area contributed by atoms with Crippen LogP contribution in [0.25, 0.3) is 0 Å². The summed E-state index contributed by atoms with van der Waals surface area (Å²) < 4.78 is 109. The van der Waals surface area contributed by atoms with E-state index in [1.807, 2.05) is 74.4 Å². The second kappa shape index (κ2) is 32.9. The first kappa shape index (κ1) is 86.8. The summed E-state index contributed by atoms with van der Waals surface area (Å²) in [6, 6.07) is 38.5. The highest BCUT2D eigenvalue weighted by Gasteiger charge is 2.50. The molecule has 522 valence electrons. The lowest BCUT2D eigenvalue weighted by Crippen LogP contribution is -2.15. The Labute approximate surface area is 545 Å². The van der Waals surface area contributed by atoms with E-state index in [1.165, 1.54) is 36.4 Å². The van der Waals surface area contributed by atoms with Gasteiger partial charge in [-0.25, -0.2) is 8.96 Å². The molecule has 20 nitrogen and oxygen atoms in total. The number of phosphoric ester groups is 1. The maximum Gasteiger partial charge on any atom is 0.524 e. The van der Waals surface area contributed by atoms with E-state index in [4.69, 9.17) is 58.7 Å². The summed E-state index contributed by atoms with van der Waals surface area (Å²) >= 11 is 0. The van der Waals surface area contributed by atoms with Gasteiger partial charge >= 0.3 is 51.5 Å². The molecule has 2 unspecified atom stereocenters. The number of halogens is 3. The summed E-state index contributed by atoms with van der Waals surface area (Å²) in [6.45, 7) is 36.6. The van der Waals surface area contributed by atoms with Crippen molar-refractivity contribution in [2.45, 2.75) is 181 Å². The van der Waals surface area contributed by atoms with Crippen molar-refractivity contribution in [1.82, 2.24) is 0 Å². The Morgan fingerprint density at radius 2 is 0.624 bits per heavy atom. The first-order valence-corrected chi connectivity index (χ1v) is 38.5. The first-order chi connectivity index (χ1) is 41.3. The third kappa shape index (κ3) is 31.7. The Morgan fingerprint density at radius 3 is 0.871 bits per heavy atom. The summed E-state index contributed by atoms with van der Waals surface area (Å²) in [7, 11) is -27.1. The molecule has 0 amide bonds. The van der Waals surface area contributed by atoms with E-state index in [0.717, 1.165) is 45.5 Å². The van der Waals surface area contributed by atoms with Crippen molar-refractivity contribution in [3.63, 3.8) is 0 Å². The van der Waals surface area contributed by atoms with Gasteiger partial charge in [-0.3, -0.25) is 32.6 Å². The van der Waals surface area contributed by atoms with E-state index in [9.17, 15) is 45.7 Å². The maximum atomic E-state index is 13.3. The topological polar surface area (TPSA) is 375 Å². The van der Waals surface area contributed by atoms with Crippen LogP contribution in [-0.4, -0.2) is 63.8 Å². The van der Waals surface area contributed by atoms with Crippen LogP contribution >= 0.6 is 45.8 Å². The summed E-state index contributed by atoms with van der Waals surface area (Å²) in [6.07, 6.45) is -0.183. The molecular weight excluding hydrogens is 1330 g/mol. The largest absolute Gasteiger partial charge is 0.524 e. The minimum absolute atomic E-state index is 0.00737. The number of phosphoric acid groups is 1. The van der Waals surface area contributed by atoms with E-state index >= 15 is 0 Å². The standard InChI is InChI=1S/C11H15F2O3P.C11H16FO3P.C11H17O4P.C11H17O3P.C10H15O4P.C10H15O3P/c1-10(2,3)8-4-6-9(7-5-8)11(12,13)17(14,15)16;2*1-11(2,3)9-6-4-8(5-7-9)10(12)16(13,14)15;1-11(2,3)10-6-4-9(5-7-10)8-15(12,13)14;1-10(2,3)8-4-6-9(7-5-8)14-15(11,12)13;1-10(2,3)8-4-6-9(7-5-8)14(11,12)13/h4-7H,1-3H3,(H2,14,15,16);4-7,10H,1-3H3,(H2,13,14,15);4-7,10,12H,1-3H3,(H2,13,14,15);4-7H,8H2,1-3H3,(H2,12,13,14);4-7H,1-3H3,(H2,11,12,13);4-7H,1-3H3,(H2,11,12,13). The maximum absolute atomic E-state index is 13.3. The van der Waals surface area contributed by atoms with E-state index in [-0.39, 0.29) is 60.8 Å². The van der Waals surface area contributed by atoms with Gasteiger partial charge in [-0.05, 0) is 107 Å². The molecular formula is C64H95F3O20P6. The molecule has 0 radical (unpaired) electrons. The van der Waals surface area contributed by atoms with Gasteiger partial charge in [0.05, 0.1) is 11.5 Å². The molecule has 0 aliphatic carbocycles. The molecule has 29 heteroatoms. The van der Waals surface area contributed by atoms with Gasteiger partial charge in [0.25, 0.3) is 0 Å². The minimum atomic E-state index is -5.48. The molecule has 6 aromatic carbocycles. The van der Waals surface area contributed by atoms with Gasteiger partial charge < -0.3 is 58.6 Å². The van der Waals surface area contributed by atoms with E-state index in [0.29, 0.717) is 5.56 Å². The van der Waals surface area contributed by atoms with Crippen molar-refractivity contribution >= 4 is 51.1 Å².